The number of hydrogen-bond acceptors (Lipinski definition) is 10. The van der Waals surface area contributed by atoms with Crippen LogP contribution in [-0.2, 0) is 19.0 Å². The molecule has 10 atom stereocenters. The second kappa shape index (κ2) is 8.84. The summed E-state index contributed by atoms with van der Waals surface area (Å²) in [4.78, 5) is 11.3. The van der Waals surface area contributed by atoms with E-state index in [0.29, 0.717) is 0 Å². The molecule has 2 saturated heterocycles. The topological polar surface area (TPSA) is 206 Å². The van der Waals surface area contributed by atoms with Crippen LogP contribution in [0.15, 0.2) is 0 Å². The third-order valence-electron chi connectivity index (χ3n) is 4.54. The fourth-order valence-corrected chi connectivity index (χ4v) is 3.07. The normalized spacial score (nSPS) is 46.8. The summed E-state index contributed by atoms with van der Waals surface area (Å²) in [7, 11) is 0. The maximum absolute atomic E-state index is 11.3. The Morgan fingerprint density at radius 3 is 2.19 bits per heavy atom. The predicted octanol–water partition coefficient (Wildman–Crippen LogP) is -6.00. The van der Waals surface area contributed by atoms with Gasteiger partial charge in [-0.25, -0.2) is 0 Å². The highest BCUT2D eigenvalue weighted by Crippen LogP contribution is 2.27. The minimum absolute atomic E-state index is 0.527. The number of aliphatic hydroxyl groups excluding tert-OH is 6. The van der Waals surface area contributed by atoms with Gasteiger partial charge in [0.25, 0.3) is 0 Å². The third-order valence-corrected chi connectivity index (χ3v) is 4.54. The van der Waals surface area contributed by atoms with E-state index >= 15 is 0 Å². The molecule has 1 amide bonds. The SMILES string of the molecule is CC(=O)N[C@H]1C(O)O[C@H](CO)[C@@H](O[C@@H]2O[C@H](CO)[C@@H](O)[C@H](O)[C@H]2[NH3+])[C@@H]1O. The summed E-state index contributed by atoms with van der Waals surface area (Å²) in [5.41, 5.74) is 3.66. The van der Waals surface area contributed by atoms with Crippen molar-refractivity contribution in [1.82, 2.24) is 5.32 Å². The highest BCUT2D eigenvalue weighted by molar-refractivity contribution is 5.73. The third kappa shape index (κ3) is 4.31. The van der Waals surface area contributed by atoms with Crippen LogP contribution in [0, 0.1) is 0 Å². The standard InChI is InChI=1S/C14H26N2O10/c1-4(19)16-8-11(22)12(6(3-18)24-13(8)23)26-14-7(15)10(21)9(20)5(2-17)25-14/h5-14,17-18,20-23H,2-3,15H2,1H3,(H,16,19)/p+1/t5-,6-,7-,8-,9-,10-,11-,12-,13?,14+/m1/s1. The number of aliphatic hydroxyl groups is 6. The zero-order valence-corrected chi connectivity index (χ0v) is 14.2. The van der Waals surface area contributed by atoms with Gasteiger partial charge in [-0.2, -0.15) is 0 Å². The largest absolute Gasteiger partial charge is 0.394 e. The van der Waals surface area contributed by atoms with Crippen molar-refractivity contribution in [3.8, 4) is 0 Å². The molecule has 2 rings (SSSR count). The van der Waals surface area contributed by atoms with Crippen molar-refractivity contribution >= 4 is 5.91 Å². The van der Waals surface area contributed by atoms with Crippen LogP contribution in [0.4, 0.5) is 0 Å². The van der Waals surface area contributed by atoms with Gasteiger partial charge >= 0.3 is 0 Å². The summed E-state index contributed by atoms with van der Waals surface area (Å²) in [6.07, 6.45) is -10.6. The molecule has 2 aliphatic rings. The molecule has 152 valence electrons. The predicted molar refractivity (Wildman–Crippen MR) is 80.9 cm³/mol. The van der Waals surface area contributed by atoms with Crippen molar-refractivity contribution in [2.75, 3.05) is 13.2 Å². The van der Waals surface area contributed by atoms with Crippen LogP contribution >= 0.6 is 0 Å². The quantitative estimate of drug-likeness (QED) is 0.225. The van der Waals surface area contributed by atoms with E-state index in [1.165, 1.54) is 6.92 Å². The van der Waals surface area contributed by atoms with Gasteiger partial charge < -0.3 is 55.9 Å². The Morgan fingerprint density at radius 2 is 1.65 bits per heavy atom. The van der Waals surface area contributed by atoms with E-state index in [-0.39, 0.29) is 0 Å². The smallest absolute Gasteiger partial charge is 0.217 e. The summed E-state index contributed by atoms with van der Waals surface area (Å²) in [6.45, 7) is -0.0207. The van der Waals surface area contributed by atoms with E-state index in [4.69, 9.17) is 14.2 Å². The number of carbonyl (C=O) groups is 1. The van der Waals surface area contributed by atoms with Crippen molar-refractivity contribution in [3.05, 3.63) is 0 Å². The number of hydrogen-bond donors (Lipinski definition) is 8. The van der Waals surface area contributed by atoms with Crippen molar-refractivity contribution in [2.45, 2.75) is 68.2 Å². The van der Waals surface area contributed by atoms with Crippen molar-refractivity contribution in [3.63, 3.8) is 0 Å². The zero-order valence-electron chi connectivity index (χ0n) is 14.2. The monoisotopic (exact) mass is 383 g/mol. The fourth-order valence-electron chi connectivity index (χ4n) is 3.07. The summed E-state index contributed by atoms with van der Waals surface area (Å²) >= 11 is 0. The molecule has 12 heteroatoms. The molecule has 1 unspecified atom stereocenters. The number of rotatable bonds is 5. The number of ether oxygens (including phenoxy) is 3. The first-order chi connectivity index (χ1) is 12.2. The molecule has 2 aliphatic heterocycles. The van der Waals surface area contributed by atoms with Crippen LogP contribution in [0.1, 0.15) is 6.92 Å². The average molecular weight is 383 g/mol. The summed E-state index contributed by atoms with van der Waals surface area (Å²) < 4.78 is 16.2. The number of carbonyl (C=O) groups excluding carboxylic acids is 1. The minimum Gasteiger partial charge on any atom is -0.394 e. The molecule has 10 N–H and O–H groups in total. The maximum Gasteiger partial charge on any atom is 0.217 e. The lowest BCUT2D eigenvalue weighted by Crippen LogP contribution is -2.79. The Balaban J connectivity index is 2.16. The Morgan fingerprint density at radius 1 is 1.04 bits per heavy atom. The number of amides is 1. The minimum atomic E-state index is -1.58. The lowest BCUT2D eigenvalue weighted by molar-refractivity contribution is -0.506. The molecule has 0 bridgehead atoms. The van der Waals surface area contributed by atoms with E-state index in [1.807, 2.05) is 0 Å². The van der Waals surface area contributed by atoms with Gasteiger partial charge in [-0.15, -0.1) is 0 Å². The van der Waals surface area contributed by atoms with E-state index in [2.05, 4.69) is 11.1 Å². The first-order valence-electron chi connectivity index (χ1n) is 8.21. The molecule has 0 saturated carbocycles. The van der Waals surface area contributed by atoms with Crippen LogP contribution < -0.4 is 11.1 Å². The van der Waals surface area contributed by atoms with Gasteiger partial charge in [0.2, 0.25) is 12.2 Å². The summed E-state index contributed by atoms with van der Waals surface area (Å²) in [5, 5.41) is 61.3. The Labute approximate surface area is 149 Å². The number of quaternary nitrogens is 1. The molecule has 2 heterocycles. The molecule has 0 spiro atoms. The second-order valence-corrected chi connectivity index (χ2v) is 6.44. The van der Waals surface area contributed by atoms with Crippen molar-refractivity contribution in [1.29, 1.82) is 0 Å². The molecule has 0 aromatic heterocycles. The van der Waals surface area contributed by atoms with Crippen LogP contribution in [0.2, 0.25) is 0 Å². The van der Waals surface area contributed by atoms with Gasteiger partial charge in [0.05, 0.1) is 13.2 Å². The molecule has 2 fully saturated rings. The average Bonchev–Trinajstić information content (AvgIpc) is 2.60. The maximum atomic E-state index is 11.3. The fraction of sp³-hybridized carbons (Fsp3) is 0.929. The van der Waals surface area contributed by atoms with Gasteiger partial charge in [-0.05, 0) is 0 Å². The Kier molecular flexibility index (Phi) is 7.27. The molecule has 26 heavy (non-hydrogen) atoms. The van der Waals surface area contributed by atoms with E-state index in [0.717, 1.165) is 0 Å². The highest BCUT2D eigenvalue weighted by Gasteiger charge is 2.51. The molecular formula is C14H27N2O10+. The van der Waals surface area contributed by atoms with Gasteiger partial charge in [0.1, 0.15) is 42.7 Å². The van der Waals surface area contributed by atoms with Gasteiger partial charge in [-0.3, -0.25) is 4.79 Å². The van der Waals surface area contributed by atoms with E-state index in [1.54, 1.807) is 0 Å². The molecule has 12 nitrogen and oxygen atoms in total. The molecule has 0 radical (unpaired) electrons. The lowest BCUT2D eigenvalue weighted by Gasteiger charge is -2.45. The molecule has 0 aliphatic carbocycles. The zero-order chi connectivity index (χ0) is 19.6. The van der Waals surface area contributed by atoms with Crippen LogP contribution in [0.25, 0.3) is 0 Å². The van der Waals surface area contributed by atoms with Gasteiger partial charge in [0.15, 0.2) is 12.3 Å². The van der Waals surface area contributed by atoms with Crippen molar-refractivity contribution < 1.29 is 55.4 Å². The first-order valence-corrected chi connectivity index (χ1v) is 8.21. The Hall–Kier alpha value is -0.930. The van der Waals surface area contributed by atoms with Crippen LogP contribution in [0.5, 0.6) is 0 Å². The van der Waals surface area contributed by atoms with Gasteiger partial charge in [0, 0.05) is 6.92 Å². The van der Waals surface area contributed by atoms with Crippen LogP contribution in [0.3, 0.4) is 0 Å². The first kappa shape index (κ1) is 21.4. The van der Waals surface area contributed by atoms with E-state index in [9.17, 15) is 35.4 Å². The molecular weight excluding hydrogens is 356 g/mol. The summed E-state index contributed by atoms with van der Waals surface area (Å²) in [6, 6.07) is -2.21. The van der Waals surface area contributed by atoms with Crippen LogP contribution in [-0.4, -0.2) is 111 Å². The van der Waals surface area contributed by atoms with Gasteiger partial charge in [-0.1, -0.05) is 0 Å². The van der Waals surface area contributed by atoms with E-state index < -0.39 is 80.4 Å². The molecule has 0 aromatic carbocycles. The number of nitrogens with one attached hydrogen (secondary N) is 1. The second-order valence-electron chi connectivity index (χ2n) is 6.44. The Bertz CT molecular complexity index is 481. The summed E-state index contributed by atoms with van der Waals surface area (Å²) in [5.74, 6) is -0.527. The lowest BCUT2D eigenvalue weighted by atomic mass is 9.95. The van der Waals surface area contributed by atoms with Crippen molar-refractivity contribution in [2.24, 2.45) is 0 Å². The highest BCUT2D eigenvalue weighted by atomic mass is 16.7. The molecule has 0 aromatic rings.